The Bertz CT molecular complexity index is 443. The van der Waals surface area contributed by atoms with Crippen molar-refractivity contribution >= 4 is 11.8 Å². The van der Waals surface area contributed by atoms with E-state index in [9.17, 15) is 9.59 Å². The number of nitrogens with zero attached hydrogens (tertiary/aromatic N) is 1. The van der Waals surface area contributed by atoms with E-state index in [-0.39, 0.29) is 17.9 Å². The van der Waals surface area contributed by atoms with Gasteiger partial charge in [0.05, 0.1) is 10.8 Å². The van der Waals surface area contributed by atoms with Gasteiger partial charge in [0.15, 0.2) is 0 Å². The van der Waals surface area contributed by atoms with Gasteiger partial charge in [-0.1, -0.05) is 24.3 Å². The van der Waals surface area contributed by atoms with E-state index >= 15 is 0 Å². The summed E-state index contributed by atoms with van der Waals surface area (Å²) in [5, 5.41) is 0. The molecule has 0 bridgehead atoms. The minimum Gasteiger partial charge on any atom is -0.278 e. The molecule has 3 nitrogen and oxygen atoms in total. The molecule has 4 rings (SSSR count). The zero-order valence-corrected chi connectivity index (χ0v) is 10.4. The Hall–Kier alpha value is -1.38. The fourth-order valence-corrected chi connectivity index (χ4v) is 4.06. The summed E-state index contributed by atoms with van der Waals surface area (Å²) in [5.74, 6) is 0.229. The lowest BCUT2D eigenvalue weighted by Crippen LogP contribution is -2.46. The predicted molar refractivity (Wildman–Crippen MR) is 66.5 cm³/mol. The fraction of sp³-hybridized carbons (Fsp3) is 0.600. The van der Waals surface area contributed by atoms with Crippen LogP contribution in [0, 0.1) is 10.8 Å². The number of hydrogen-bond donors (Lipinski definition) is 0. The zero-order valence-electron chi connectivity index (χ0n) is 10.4. The van der Waals surface area contributed by atoms with E-state index in [2.05, 4.69) is 24.3 Å². The number of rotatable bonds is 1. The molecule has 0 unspecified atom stereocenters. The molecule has 18 heavy (non-hydrogen) atoms. The number of amides is 2. The SMILES string of the molecule is O=C1N(C2CC2)C(=O)C23CC=CCC12CC=CC3. The number of allylic oxidation sites excluding steroid dienone is 4. The molecule has 1 aliphatic heterocycles. The highest BCUT2D eigenvalue weighted by atomic mass is 16.2. The smallest absolute Gasteiger partial charge is 0.237 e. The molecule has 3 heteroatoms. The third-order valence-electron chi connectivity index (χ3n) is 5.28. The van der Waals surface area contributed by atoms with Crippen LogP contribution < -0.4 is 0 Å². The lowest BCUT2D eigenvalue weighted by molar-refractivity contribution is -0.142. The third kappa shape index (κ3) is 0.979. The summed E-state index contributed by atoms with van der Waals surface area (Å²) in [5.41, 5.74) is -0.896. The molecule has 0 N–H and O–H groups in total. The molecule has 0 aromatic heterocycles. The van der Waals surface area contributed by atoms with Crippen LogP contribution in [0.15, 0.2) is 24.3 Å². The molecular formula is C15H17NO2. The lowest BCUT2D eigenvalue weighted by Gasteiger charge is -2.44. The van der Waals surface area contributed by atoms with Gasteiger partial charge in [-0.2, -0.15) is 0 Å². The Morgan fingerprint density at radius 1 is 0.833 bits per heavy atom. The summed E-state index contributed by atoms with van der Waals surface area (Å²) in [7, 11) is 0. The first kappa shape index (κ1) is 10.5. The summed E-state index contributed by atoms with van der Waals surface area (Å²) in [6.45, 7) is 0. The fourth-order valence-electron chi connectivity index (χ4n) is 4.06. The number of carbonyl (C=O) groups is 2. The van der Waals surface area contributed by atoms with Gasteiger partial charge in [-0.3, -0.25) is 14.5 Å². The quantitative estimate of drug-likeness (QED) is 0.523. The Morgan fingerprint density at radius 3 is 1.56 bits per heavy atom. The molecule has 3 aliphatic carbocycles. The van der Waals surface area contributed by atoms with E-state index in [4.69, 9.17) is 0 Å². The topological polar surface area (TPSA) is 37.4 Å². The average molecular weight is 243 g/mol. The second kappa shape index (κ2) is 3.14. The minimum absolute atomic E-state index is 0.115. The molecule has 4 aliphatic rings. The Balaban J connectivity index is 1.90. The molecule has 0 atom stereocenters. The molecule has 2 fully saturated rings. The largest absolute Gasteiger partial charge is 0.278 e. The van der Waals surface area contributed by atoms with Crippen LogP contribution in [0.2, 0.25) is 0 Å². The number of carbonyl (C=O) groups excluding carboxylic acids is 2. The number of hydrogen-bond acceptors (Lipinski definition) is 2. The molecule has 0 radical (unpaired) electrons. The monoisotopic (exact) mass is 243 g/mol. The summed E-state index contributed by atoms with van der Waals surface area (Å²) >= 11 is 0. The van der Waals surface area contributed by atoms with Crippen molar-refractivity contribution in [2.45, 2.75) is 44.6 Å². The Kier molecular flexibility index (Phi) is 1.84. The summed E-state index contributed by atoms with van der Waals surface area (Å²) in [6.07, 6.45) is 13.4. The zero-order chi connectivity index (χ0) is 12.4. The predicted octanol–water partition coefficient (Wildman–Crippen LogP) is 2.19. The van der Waals surface area contributed by atoms with Crippen molar-refractivity contribution in [2.24, 2.45) is 10.8 Å². The van der Waals surface area contributed by atoms with E-state index in [0.717, 1.165) is 38.5 Å². The van der Waals surface area contributed by atoms with Crippen molar-refractivity contribution < 1.29 is 9.59 Å². The van der Waals surface area contributed by atoms with Crippen molar-refractivity contribution in [3.05, 3.63) is 24.3 Å². The summed E-state index contributed by atoms with van der Waals surface area (Å²) < 4.78 is 0. The van der Waals surface area contributed by atoms with Crippen LogP contribution in [0.25, 0.3) is 0 Å². The first-order chi connectivity index (χ1) is 8.71. The van der Waals surface area contributed by atoms with E-state index in [1.54, 1.807) is 4.90 Å². The normalized spacial score (nSPS) is 42.1. The van der Waals surface area contributed by atoms with Crippen LogP contribution in [0.5, 0.6) is 0 Å². The van der Waals surface area contributed by atoms with Crippen LogP contribution >= 0.6 is 0 Å². The molecule has 94 valence electrons. The average Bonchev–Trinajstić information content (AvgIpc) is 3.20. The first-order valence-corrected chi connectivity index (χ1v) is 6.89. The van der Waals surface area contributed by atoms with E-state index in [0.29, 0.717) is 0 Å². The van der Waals surface area contributed by atoms with Gasteiger partial charge >= 0.3 is 0 Å². The van der Waals surface area contributed by atoms with Crippen molar-refractivity contribution in [1.29, 1.82) is 0 Å². The molecule has 1 saturated heterocycles. The van der Waals surface area contributed by atoms with Crippen LogP contribution in [0.3, 0.4) is 0 Å². The van der Waals surface area contributed by atoms with Crippen molar-refractivity contribution in [3.63, 3.8) is 0 Å². The van der Waals surface area contributed by atoms with Gasteiger partial charge in [0.1, 0.15) is 0 Å². The molecule has 0 aromatic carbocycles. The first-order valence-electron chi connectivity index (χ1n) is 6.89. The van der Waals surface area contributed by atoms with Crippen LogP contribution in [-0.4, -0.2) is 22.8 Å². The maximum absolute atomic E-state index is 12.8. The Labute approximate surface area is 107 Å². The van der Waals surface area contributed by atoms with Gasteiger partial charge in [0.2, 0.25) is 11.8 Å². The minimum atomic E-state index is -0.448. The van der Waals surface area contributed by atoms with E-state index < -0.39 is 10.8 Å². The maximum atomic E-state index is 12.8. The van der Waals surface area contributed by atoms with E-state index in [1.807, 2.05) is 0 Å². The van der Waals surface area contributed by atoms with Crippen molar-refractivity contribution in [2.75, 3.05) is 0 Å². The highest BCUT2D eigenvalue weighted by molar-refractivity contribution is 6.11. The summed E-state index contributed by atoms with van der Waals surface area (Å²) in [4.78, 5) is 27.3. The third-order valence-corrected chi connectivity index (χ3v) is 5.28. The molecule has 2 amide bonds. The van der Waals surface area contributed by atoms with Crippen LogP contribution in [0.1, 0.15) is 38.5 Å². The van der Waals surface area contributed by atoms with Crippen molar-refractivity contribution in [3.8, 4) is 0 Å². The highest BCUT2D eigenvalue weighted by Gasteiger charge is 2.69. The van der Waals surface area contributed by atoms with Gasteiger partial charge in [-0.25, -0.2) is 0 Å². The van der Waals surface area contributed by atoms with E-state index in [1.165, 1.54) is 0 Å². The highest BCUT2D eigenvalue weighted by Crippen LogP contribution is 2.62. The van der Waals surface area contributed by atoms with Crippen LogP contribution in [-0.2, 0) is 9.59 Å². The maximum Gasteiger partial charge on any atom is 0.237 e. The lowest BCUT2D eigenvalue weighted by atomic mass is 9.54. The number of likely N-dealkylation sites (tertiary alicyclic amines) is 1. The van der Waals surface area contributed by atoms with Gasteiger partial charge in [-0.15, -0.1) is 0 Å². The van der Waals surface area contributed by atoms with Crippen LogP contribution in [0.4, 0.5) is 0 Å². The second-order valence-electron chi connectivity index (χ2n) is 6.14. The van der Waals surface area contributed by atoms with Gasteiger partial charge in [0.25, 0.3) is 0 Å². The Morgan fingerprint density at radius 2 is 1.22 bits per heavy atom. The molecule has 1 saturated carbocycles. The second-order valence-corrected chi connectivity index (χ2v) is 6.14. The molecule has 0 aromatic rings. The van der Waals surface area contributed by atoms with Gasteiger partial charge < -0.3 is 0 Å². The molecule has 1 heterocycles. The van der Waals surface area contributed by atoms with Gasteiger partial charge in [0, 0.05) is 6.04 Å². The molecule has 0 spiro atoms. The number of imide groups is 1. The standard InChI is InChI=1S/C15H17NO2/c17-12-14-7-1-2-8-15(14,10-4-3-9-14)13(18)16(12)11-5-6-11/h1-4,11H,5-10H2. The van der Waals surface area contributed by atoms with Gasteiger partial charge in [-0.05, 0) is 38.5 Å². The molecular weight excluding hydrogens is 226 g/mol. The summed E-state index contributed by atoms with van der Waals surface area (Å²) in [6, 6.07) is 0.211. The van der Waals surface area contributed by atoms with Crippen molar-refractivity contribution in [1.82, 2.24) is 4.90 Å².